The standard InChI is InChI=1S/C25H25N5O3/c1-16-23-20(17-8-9-22(26-15-17)29(2)18-10-12-33-13-11-18)14-21(25(31)32)27-24(23)30(28-16)19-6-4-3-5-7-19/h3-9,14-15,18H,10-13H2,1-2H3,(H,31,32). The van der Waals surface area contributed by atoms with E-state index in [4.69, 9.17) is 9.72 Å². The quantitative estimate of drug-likeness (QED) is 0.496. The number of pyridine rings is 2. The van der Waals surface area contributed by atoms with Gasteiger partial charge in [0.1, 0.15) is 5.82 Å². The van der Waals surface area contributed by atoms with Crippen molar-refractivity contribution in [2.24, 2.45) is 0 Å². The third-order valence-electron chi connectivity index (χ3n) is 6.19. The molecule has 1 aliphatic rings. The Balaban J connectivity index is 1.60. The summed E-state index contributed by atoms with van der Waals surface area (Å²) < 4.78 is 7.17. The predicted molar refractivity (Wildman–Crippen MR) is 126 cm³/mol. The fourth-order valence-electron chi connectivity index (χ4n) is 4.39. The van der Waals surface area contributed by atoms with E-state index in [-0.39, 0.29) is 5.69 Å². The van der Waals surface area contributed by atoms with E-state index < -0.39 is 5.97 Å². The summed E-state index contributed by atoms with van der Waals surface area (Å²) in [6.45, 7) is 3.45. The van der Waals surface area contributed by atoms with E-state index in [1.807, 2.05) is 49.4 Å². The van der Waals surface area contributed by atoms with Gasteiger partial charge in [0.2, 0.25) is 0 Å². The normalized spacial score (nSPS) is 14.5. The van der Waals surface area contributed by atoms with Gasteiger partial charge in [-0.05, 0) is 55.7 Å². The first kappa shape index (κ1) is 21.1. The zero-order valence-electron chi connectivity index (χ0n) is 18.6. The molecule has 5 rings (SSSR count). The topological polar surface area (TPSA) is 93.4 Å². The second-order valence-electron chi connectivity index (χ2n) is 8.25. The average Bonchev–Trinajstić information content (AvgIpc) is 3.20. The predicted octanol–water partition coefficient (Wildman–Crippen LogP) is 4.10. The number of aromatic carboxylic acids is 1. The van der Waals surface area contributed by atoms with Crippen molar-refractivity contribution in [2.45, 2.75) is 25.8 Å². The number of carbonyl (C=O) groups is 1. The van der Waals surface area contributed by atoms with Gasteiger partial charge in [-0.3, -0.25) is 0 Å². The van der Waals surface area contributed by atoms with Crippen molar-refractivity contribution in [2.75, 3.05) is 25.2 Å². The van der Waals surface area contributed by atoms with Gasteiger partial charge < -0.3 is 14.7 Å². The number of rotatable bonds is 5. The molecule has 0 amide bonds. The molecule has 4 aromatic rings. The molecule has 1 N–H and O–H groups in total. The Labute approximate surface area is 191 Å². The Morgan fingerprint density at radius 2 is 1.91 bits per heavy atom. The molecule has 1 aliphatic heterocycles. The highest BCUT2D eigenvalue weighted by molar-refractivity contribution is 5.99. The van der Waals surface area contributed by atoms with Crippen molar-refractivity contribution in [3.05, 3.63) is 66.1 Å². The zero-order chi connectivity index (χ0) is 22.9. The fourth-order valence-corrected chi connectivity index (χ4v) is 4.39. The molecule has 1 saturated heterocycles. The Hall–Kier alpha value is -3.78. The van der Waals surface area contributed by atoms with Crippen LogP contribution in [0.1, 0.15) is 29.0 Å². The number of nitrogens with zero attached hydrogens (tertiary/aromatic N) is 5. The summed E-state index contributed by atoms with van der Waals surface area (Å²) >= 11 is 0. The minimum atomic E-state index is -1.08. The number of benzene rings is 1. The summed E-state index contributed by atoms with van der Waals surface area (Å²) in [6.07, 6.45) is 3.75. The summed E-state index contributed by atoms with van der Waals surface area (Å²) in [5.41, 5.74) is 3.66. The molecule has 1 aromatic carbocycles. The van der Waals surface area contributed by atoms with Crippen molar-refractivity contribution in [1.82, 2.24) is 19.7 Å². The molecule has 0 bridgehead atoms. The van der Waals surface area contributed by atoms with Gasteiger partial charge >= 0.3 is 5.97 Å². The minimum absolute atomic E-state index is 0.0296. The van der Waals surface area contributed by atoms with E-state index in [1.54, 1.807) is 16.9 Å². The largest absolute Gasteiger partial charge is 0.477 e. The first-order chi connectivity index (χ1) is 16.0. The Bertz CT molecular complexity index is 1300. The lowest BCUT2D eigenvalue weighted by molar-refractivity contribution is 0.0691. The van der Waals surface area contributed by atoms with Crippen LogP contribution in [0.4, 0.5) is 5.82 Å². The Kier molecular flexibility index (Phi) is 5.51. The molecule has 1 fully saturated rings. The number of carboxylic acid groups (broad SMARTS) is 1. The van der Waals surface area contributed by atoms with E-state index in [2.05, 4.69) is 22.0 Å². The maximum Gasteiger partial charge on any atom is 0.354 e. The van der Waals surface area contributed by atoms with Gasteiger partial charge in [-0.2, -0.15) is 5.10 Å². The lowest BCUT2D eigenvalue weighted by atomic mass is 10.0. The minimum Gasteiger partial charge on any atom is -0.477 e. The number of carboxylic acids is 1. The highest BCUT2D eigenvalue weighted by Crippen LogP contribution is 2.33. The molecule has 8 nitrogen and oxygen atoms in total. The lowest BCUT2D eigenvalue weighted by Gasteiger charge is -2.32. The molecular weight excluding hydrogens is 418 g/mol. The van der Waals surface area contributed by atoms with Crippen LogP contribution < -0.4 is 4.90 Å². The van der Waals surface area contributed by atoms with Crippen LogP contribution in [-0.2, 0) is 4.74 Å². The highest BCUT2D eigenvalue weighted by Gasteiger charge is 2.22. The van der Waals surface area contributed by atoms with Crippen molar-refractivity contribution >= 4 is 22.8 Å². The highest BCUT2D eigenvalue weighted by atomic mass is 16.5. The smallest absolute Gasteiger partial charge is 0.354 e. The lowest BCUT2D eigenvalue weighted by Crippen LogP contribution is -2.37. The van der Waals surface area contributed by atoms with Gasteiger partial charge in [0.25, 0.3) is 0 Å². The summed E-state index contributed by atoms with van der Waals surface area (Å²) in [6, 6.07) is 15.6. The molecule has 0 aliphatic carbocycles. The van der Waals surface area contributed by atoms with Gasteiger partial charge in [-0.25, -0.2) is 19.4 Å². The number of ether oxygens (including phenoxy) is 1. The zero-order valence-corrected chi connectivity index (χ0v) is 18.6. The third kappa shape index (κ3) is 3.93. The summed E-state index contributed by atoms with van der Waals surface area (Å²) in [5, 5.41) is 15.2. The number of hydrogen-bond donors (Lipinski definition) is 1. The van der Waals surface area contributed by atoms with Crippen molar-refractivity contribution in [3.8, 4) is 16.8 Å². The molecular formula is C25H25N5O3. The van der Waals surface area contributed by atoms with Gasteiger partial charge in [0.05, 0.1) is 16.8 Å². The van der Waals surface area contributed by atoms with E-state index >= 15 is 0 Å². The van der Waals surface area contributed by atoms with Gasteiger partial charge in [0.15, 0.2) is 11.3 Å². The molecule has 4 heterocycles. The molecule has 0 spiro atoms. The number of fused-ring (bicyclic) bond motifs is 1. The second kappa shape index (κ2) is 8.63. The van der Waals surface area contributed by atoms with Crippen LogP contribution in [0.5, 0.6) is 0 Å². The maximum absolute atomic E-state index is 11.9. The molecule has 3 aromatic heterocycles. The first-order valence-electron chi connectivity index (χ1n) is 11.0. The summed E-state index contributed by atoms with van der Waals surface area (Å²) in [5.74, 6) is -0.202. The average molecular weight is 444 g/mol. The molecule has 0 radical (unpaired) electrons. The Morgan fingerprint density at radius 1 is 1.15 bits per heavy atom. The van der Waals surface area contributed by atoms with E-state index in [9.17, 15) is 9.90 Å². The number of aromatic nitrogens is 4. The monoisotopic (exact) mass is 443 g/mol. The van der Waals surface area contributed by atoms with E-state index in [1.165, 1.54) is 0 Å². The number of hydrogen-bond acceptors (Lipinski definition) is 6. The summed E-state index contributed by atoms with van der Waals surface area (Å²) in [7, 11) is 2.05. The summed E-state index contributed by atoms with van der Waals surface area (Å²) in [4.78, 5) is 23.2. The maximum atomic E-state index is 11.9. The third-order valence-corrected chi connectivity index (χ3v) is 6.19. The first-order valence-corrected chi connectivity index (χ1v) is 11.0. The van der Waals surface area contributed by atoms with Crippen LogP contribution in [0.3, 0.4) is 0 Å². The number of anilines is 1. The SMILES string of the molecule is Cc1nn(-c2ccccc2)c2nc(C(=O)O)cc(-c3ccc(N(C)C4CCOCC4)nc3)c12. The van der Waals surface area contributed by atoms with Gasteiger partial charge in [0, 0.05) is 38.1 Å². The number of aryl methyl sites for hydroxylation is 1. The van der Waals surface area contributed by atoms with Crippen LogP contribution in [-0.4, -0.2) is 57.1 Å². The fraction of sp³-hybridized carbons (Fsp3) is 0.280. The van der Waals surface area contributed by atoms with Crippen LogP contribution in [0.25, 0.3) is 27.8 Å². The molecule has 0 atom stereocenters. The van der Waals surface area contributed by atoms with Crippen molar-refractivity contribution in [3.63, 3.8) is 0 Å². The molecule has 33 heavy (non-hydrogen) atoms. The van der Waals surface area contributed by atoms with Crippen LogP contribution in [0.15, 0.2) is 54.7 Å². The molecule has 8 heteroatoms. The number of para-hydroxylation sites is 1. The molecule has 0 unspecified atom stereocenters. The van der Waals surface area contributed by atoms with Crippen molar-refractivity contribution < 1.29 is 14.6 Å². The van der Waals surface area contributed by atoms with Crippen LogP contribution >= 0.6 is 0 Å². The van der Waals surface area contributed by atoms with Crippen LogP contribution in [0.2, 0.25) is 0 Å². The molecule has 168 valence electrons. The van der Waals surface area contributed by atoms with E-state index in [0.717, 1.165) is 59.8 Å². The van der Waals surface area contributed by atoms with E-state index in [0.29, 0.717) is 11.7 Å². The van der Waals surface area contributed by atoms with Gasteiger partial charge in [-0.15, -0.1) is 0 Å². The molecule has 0 saturated carbocycles. The van der Waals surface area contributed by atoms with Crippen molar-refractivity contribution in [1.29, 1.82) is 0 Å². The second-order valence-corrected chi connectivity index (χ2v) is 8.25. The Morgan fingerprint density at radius 3 is 2.58 bits per heavy atom. The van der Waals surface area contributed by atoms with Gasteiger partial charge in [-0.1, -0.05) is 18.2 Å². The van der Waals surface area contributed by atoms with Crippen LogP contribution in [0, 0.1) is 6.92 Å².